The molecule has 1 aliphatic rings. The second-order valence-electron chi connectivity index (χ2n) is 5.55. The Morgan fingerprint density at radius 3 is 2.84 bits per heavy atom. The summed E-state index contributed by atoms with van der Waals surface area (Å²) in [6.45, 7) is 4.19. The van der Waals surface area contributed by atoms with E-state index in [4.69, 9.17) is 0 Å². The third kappa shape index (κ3) is 4.37. The van der Waals surface area contributed by atoms with Gasteiger partial charge in [-0.15, -0.1) is 0 Å². The van der Waals surface area contributed by atoms with Crippen LogP contribution in [0.4, 0.5) is 11.8 Å². The van der Waals surface area contributed by atoms with Gasteiger partial charge in [0.05, 0.1) is 0 Å². The molecule has 1 aliphatic carbocycles. The molecule has 0 saturated heterocycles. The minimum Gasteiger partial charge on any atom is -0.359 e. The zero-order valence-electron chi connectivity index (χ0n) is 12.2. The second kappa shape index (κ2) is 7.31. The summed E-state index contributed by atoms with van der Waals surface area (Å²) in [4.78, 5) is 11.1. The monoisotopic (exact) mass is 262 g/mol. The molecule has 1 N–H and O–H groups in total. The topological polar surface area (TPSA) is 41.1 Å². The molecule has 0 aliphatic heterocycles. The van der Waals surface area contributed by atoms with Crippen LogP contribution in [0.25, 0.3) is 0 Å². The number of rotatable bonds is 6. The van der Waals surface area contributed by atoms with Gasteiger partial charge in [-0.05, 0) is 31.2 Å². The average molecular weight is 262 g/mol. The first kappa shape index (κ1) is 14.1. The molecule has 1 heterocycles. The lowest BCUT2D eigenvalue weighted by molar-refractivity contribution is 0.361. The summed E-state index contributed by atoms with van der Waals surface area (Å²) >= 11 is 0. The minimum atomic E-state index is 0.745. The van der Waals surface area contributed by atoms with E-state index >= 15 is 0 Å². The van der Waals surface area contributed by atoms with Gasteiger partial charge in [0.2, 0.25) is 5.95 Å². The maximum atomic E-state index is 4.58. The number of aromatic nitrogens is 2. The summed E-state index contributed by atoms with van der Waals surface area (Å²) in [5.41, 5.74) is 0. The van der Waals surface area contributed by atoms with Crippen molar-refractivity contribution in [2.24, 2.45) is 5.92 Å². The van der Waals surface area contributed by atoms with Crippen LogP contribution in [-0.4, -0.2) is 30.1 Å². The number of anilines is 2. The molecule has 1 aromatic heterocycles. The molecule has 4 nitrogen and oxygen atoms in total. The van der Waals surface area contributed by atoms with Crippen molar-refractivity contribution in [3.63, 3.8) is 0 Å². The first-order valence-electron chi connectivity index (χ1n) is 7.57. The fourth-order valence-electron chi connectivity index (χ4n) is 2.73. The predicted molar refractivity (Wildman–Crippen MR) is 80.7 cm³/mol. The van der Waals surface area contributed by atoms with Crippen molar-refractivity contribution in [3.8, 4) is 0 Å². The largest absolute Gasteiger partial charge is 0.359 e. The lowest BCUT2D eigenvalue weighted by Gasteiger charge is -2.27. The van der Waals surface area contributed by atoms with Gasteiger partial charge in [0.1, 0.15) is 5.82 Å². The lowest BCUT2D eigenvalue weighted by atomic mass is 9.89. The van der Waals surface area contributed by atoms with E-state index in [0.717, 1.165) is 37.2 Å². The zero-order valence-corrected chi connectivity index (χ0v) is 12.2. The molecule has 0 atom stereocenters. The van der Waals surface area contributed by atoms with Gasteiger partial charge in [0.15, 0.2) is 0 Å². The van der Waals surface area contributed by atoms with E-state index < -0.39 is 0 Å². The molecule has 2 rings (SSSR count). The molecule has 0 aromatic carbocycles. The highest BCUT2D eigenvalue weighted by atomic mass is 15.2. The van der Waals surface area contributed by atoms with Crippen LogP contribution in [0.5, 0.6) is 0 Å². The highest BCUT2D eigenvalue weighted by molar-refractivity contribution is 5.41. The molecule has 0 spiro atoms. The third-order valence-corrected chi connectivity index (χ3v) is 3.82. The van der Waals surface area contributed by atoms with Crippen molar-refractivity contribution >= 4 is 11.8 Å². The fraction of sp³-hybridized carbons (Fsp3) is 0.733. The van der Waals surface area contributed by atoms with Gasteiger partial charge in [-0.3, -0.25) is 0 Å². The number of hydrogen-bond donors (Lipinski definition) is 1. The molecule has 1 aromatic rings. The quantitative estimate of drug-likeness (QED) is 0.854. The fourth-order valence-corrected chi connectivity index (χ4v) is 2.73. The Kier molecular flexibility index (Phi) is 5.43. The van der Waals surface area contributed by atoms with Gasteiger partial charge < -0.3 is 10.2 Å². The second-order valence-corrected chi connectivity index (χ2v) is 5.55. The van der Waals surface area contributed by atoms with Gasteiger partial charge >= 0.3 is 0 Å². The van der Waals surface area contributed by atoms with E-state index in [2.05, 4.69) is 34.2 Å². The summed E-state index contributed by atoms with van der Waals surface area (Å²) < 4.78 is 0. The maximum absolute atomic E-state index is 4.58. The minimum absolute atomic E-state index is 0.745. The summed E-state index contributed by atoms with van der Waals surface area (Å²) in [5.74, 6) is 2.61. The Bertz CT molecular complexity index is 374. The summed E-state index contributed by atoms with van der Waals surface area (Å²) in [6, 6.07) is 2.00. The summed E-state index contributed by atoms with van der Waals surface area (Å²) in [7, 11) is 2.14. The Hall–Kier alpha value is -1.32. The van der Waals surface area contributed by atoms with Crippen molar-refractivity contribution < 1.29 is 0 Å². The third-order valence-electron chi connectivity index (χ3n) is 3.82. The van der Waals surface area contributed by atoms with Crippen molar-refractivity contribution in [1.82, 2.24) is 9.97 Å². The summed E-state index contributed by atoms with van der Waals surface area (Å²) in [6.07, 6.45) is 9.88. The van der Waals surface area contributed by atoms with Gasteiger partial charge in [-0.2, -0.15) is 4.98 Å². The Labute approximate surface area is 116 Å². The summed E-state index contributed by atoms with van der Waals surface area (Å²) in [5, 5.41) is 3.24. The molecule has 0 radical (unpaired) electrons. The lowest BCUT2D eigenvalue weighted by Crippen LogP contribution is -2.27. The van der Waals surface area contributed by atoms with Crippen LogP contribution in [0.1, 0.15) is 45.4 Å². The van der Waals surface area contributed by atoms with Crippen molar-refractivity contribution in [3.05, 3.63) is 12.3 Å². The molecule has 0 unspecified atom stereocenters. The van der Waals surface area contributed by atoms with E-state index in [1.54, 1.807) is 0 Å². The van der Waals surface area contributed by atoms with Crippen molar-refractivity contribution in [2.45, 2.75) is 45.4 Å². The Morgan fingerprint density at radius 1 is 1.32 bits per heavy atom. The molecule has 0 amide bonds. The van der Waals surface area contributed by atoms with Crippen LogP contribution in [0.3, 0.4) is 0 Å². The molecule has 0 bridgehead atoms. The van der Waals surface area contributed by atoms with E-state index in [1.807, 2.05) is 12.3 Å². The first-order chi connectivity index (χ1) is 9.29. The molecule has 1 fully saturated rings. The molecule has 4 heteroatoms. The van der Waals surface area contributed by atoms with E-state index in [-0.39, 0.29) is 0 Å². The number of hydrogen-bond acceptors (Lipinski definition) is 4. The van der Waals surface area contributed by atoms with Crippen molar-refractivity contribution in [2.75, 3.05) is 30.4 Å². The SMILES string of the molecule is CCCNc1nccc(N(C)CC2CCCCC2)n1. The van der Waals surface area contributed by atoms with Gasteiger partial charge in [-0.1, -0.05) is 26.2 Å². The zero-order chi connectivity index (χ0) is 13.5. The van der Waals surface area contributed by atoms with E-state index in [1.165, 1.54) is 32.1 Å². The highest BCUT2D eigenvalue weighted by Gasteiger charge is 2.16. The normalized spacial score (nSPS) is 16.3. The average Bonchev–Trinajstić information content (AvgIpc) is 2.46. The van der Waals surface area contributed by atoms with Crippen LogP contribution in [0.15, 0.2) is 12.3 Å². The van der Waals surface area contributed by atoms with Gasteiger partial charge in [0, 0.05) is 26.3 Å². The van der Waals surface area contributed by atoms with E-state index in [9.17, 15) is 0 Å². The standard InChI is InChI=1S/C15H26N4/c1-3-10-16-15-17-11-9-14(18-15)19(2)12-13-7-5-4-6-8-13/h9,11,13H,3-8,10,12H2,1-2H3,(H,16,17,18). The molecule has 19 heavy (non-hydrogen) atoms. The number of nitrogens with zero attached hydrogens (tertiary/aromatic N) is 3. The Morgan fingerprint density at radius 2 is 2.11 bits per heavy atom. The Balaban J connectivity index is 1.91. The highest BCUT2D eigenvalue weighted by Crippen LogP contribution is 2.25. The van der Waals surface area contributed by atoms with Crippen LogP contribution in [-0.2, 0) is 0 Å². The van der Waals surface area contributed by atoms with Crippen LogP contribution < -0.4 is 10.2 Å². The van der Waals surface area contributed by atoms with Gasteiger partial charge in [0.25, 0.3) is 0 Å². The van der Waals surface area contributed by atoms with Crippen LogP contribution in [0, 0.1) is 5.92 Å². The molecule has 106 valence electrons. The van der Waals surface area contributed by atoms with Gasteiger partial charge in [-0.25, -0.2) is 4.98 Å². The van der Waals surface area contributed by atoms with E-state index in [0.29, 0.717) is 0 Å². The van der Waals surface area contributed by atoms with Crippen LogP contribution >= 0.6 is 0 Å². The first-order valence-corrected chi connectivity index (χ1v) is 7.57. The molecular weight excluding hydrogens is 236 g/mol. The van der Waals surface area contributed by atoms with Crippen LogP contribution in [0.2, 0.25) is 0 Å². The maximum Gasteiger partial charge on any atom is 0.224 e. The molecular formula is C15H26N4. The number of nitrogens with one attached hydrogen (secondary N) is 1. The smallest absolute Gasteiger partial charge is 0.224 e. The molecule has 1 saturated carbocycles. The van der Waals surface area contributed by atoms with Crippen molar-refractivity contribution in [1.29, 1.82) is 0 Å². The predicted octanol–water partition coefficient (Wildman–Crippen LogP) is 3.32.